The Morgan fingerprint density at radius 2 is 1.85 bits per heavy atom. The Morgan fingerprint density at radius 3 is 2.75 bits per heavy atom. The maximum atomic E-state index is 5.77. The highest BCUT2D eigenvalue weighted by Crippen LogP contribution is 2.18. The zero-order chi connectivity index (χ0) is 13.7. The molecule has 0 aliphatic heterocycles. The minimum absolute atomic E-state index is 0.194. The summed E-state index contributed by atoms with van der Waals surface area (Å²) in [4.78, 5) is 13.7. The van der Waals surface area contributed by atoms with Crippen molar-refractivity contribution in [3.8, 4) is 0 Å². The number of aromatic nitrogens is 9. The summed E-state index contributed by atoms with van der Waals surface area (Å²) in [6, 6.07) is 0. The number of nitrogen functional groups attached to an aromatic ring is 2. The number of fused-ring (bicyclic) bond motifs is 2. The molecule has 4 aromatic heterocycles. The van der Waals surface area contributed by atoms with Gasteiger partial charge in [0.15, 0.2) is 17.0 Å². The van der Waals surface area contributed by atoms with Gasteiger partial charge in [-0.1, -0.05) is 0 Å². The van der Waals surface area contributed by atoms with Crippen LogP contribution in [-0.4, -0.2) is 44.9 Å². The van der Waals surface area contributed by atoms with Crippen LogP contribution >= 0.6 is 0 Å². The van der Waals surface area contributed by atoms with E-state index in [1.165, 1.54) is 17.4 Å². The van der Waals surface area contributed by atoms with Crippen molar-refractivity contribution in [3.63, 3.8) is 0 Å². The molecule has 0 unspecified atom stereocenters. The topological polar surface area (TPSA) is 152 Å². The largest absolute Gasteiger partial charge is 0.383 e. The van der Waals surface area contributed by atoms with Crippen LogP contribution in [0.1, 0.15) is 0 Å². The monoisotopic (exact) mass is 269 g/mol. The van der Waals surface area contributed by atoms with Gasteiger partial charge >= 0.3 is 0 Å². The Hall–Kier alpha value is -3.37. The quantitative estimate of drug-likeness (QED) is 0.435. The summed E-state index contributed by atoms with van der Waals surface area (Å²) in [5.74, 6) is 0.539. The minimum atomic E-state index is 0.194. The Labute approximate surface area is 110 Å². The SMILES string of the molecule is Nc1ncnc2c1cnn2-n1cnc2c(N)nnnc21. The van der Waals surface area contributed by atoms with Gasteiger partial charge < -0.3 is 11.5 Å². The molecule has 0 spiro atoms. The van der Waals surface area contributed by atoms with Gasteiger partial charge in [0.2, 0.25) is 5.65 Å². The Kier molecular flexibility index (Phi) is 1.88. The first kappa shape index (κ1) is 10.5. The fourth-order valence-electron chi connectivity index (χ4n) is 1.91. The molecule has 0 saturated heterocycles. The zero-order valence-corrected chi connectivity index (χ0v) is 9.91. The van der Waals surface area contributed by atoms with Gasteiger partial charge in [-0.3, -0.25) is 0 Å². The molecule has 0 atom stereocenters. The maximum Gasteiger partial charge on any atom is 0.208 e. The standard InChI is InChI=1S/C9H7N11/c10-6-4-1-15-20(8(4)13-2-12-6)19-3-14-5-7(11)16-18-17-9(5)19/h1-3H,(H2,10,12,13)(H2,11,16,17). The fourth-order valence-corrected chi connectivity index (χ4v) is 1.91. The molecule has 4 heterocycles. The molecule has 11 heteroatoms. The summed E-state index contributed by atoms with van der Waals surface area (Å²) >= 11 is 0. The summed E-state index contributed by atoms with van der Waals surface area (Å²) in [5, 5.41) is 16.0. The number of hydrogen-bond acceptors (Lipinski definition) is 9. The number of nitrogens with zero attached hydrogens (tertiary/aromatic N) is 9. The maximum absolute atomic E-state index is 5.77. The Balaban J connectivity index is 2.07. The van der Waals surface area contributed by atoms with E-state index in [-0.39, 0.29) is 5.82 Å². The first-order valence-corrected chi connectivity index (χ1v) is 5.52. The van der Waals surface area contributed by atoms with Crippen molar-refractivity contribution in [1.82, 2.24) is 44.9 Å². The number of hydrogen-bond donors (Lipinski definition) is 2. The van der Waals surface area contributed by atoms with E-state index >= 15 is 0 Å². The normalized spacial score (nSPS) is 11.4. The predicted octanol–water partition coefficient (Wildman–Crippen LogP) is -1.16. The van der Waals surface area contributed by atoms with Gasteiger partial charge in [-0.2, -0.15) is 9.77 Å². The van der Waals surface area contributed by atoms with E-state index in [1.807, 2.05) is 0 Å². The predicted molar refractivity (Wildman–Crippen MR) is 68.1 cm³/mol. The molecule has 0 bridgehead atoms. The van der Waals surface area contributed by atoms with E-state index in [4.69, 9.17) is 11.5 Å². The summed E-state index contributed by atoms with van der Waals surface area (Å²) in [6.45, 7) is 0. The lowest BCUT2D eigenvalue weighted by molar-refractivity contribution is 0.598. The Morgan fingerprint density at radius 1 is 0.950 bits per heavy atom. The van der Waals surface area contributed by atoms with Crippen LogP contribution in [0.15, 0.2) is 18.9 Å². The van der Waals surface area contributed by atoms with Crippen molar-refractivity contribution in [2.75, 3.05) is 11.5 Å². The van der Waals surface area contributed by atoms with Crippen molar-refractivity contribution in [2.24, 2.45) is 0 Å². The van der Waals surface area contributed by atoms with Gasteiger partial charge in [0, 0.05) is 0 Å². The van der Waals surface area contributed by atoms with Crippen LogP contribution in [0.2, 0.25) is 0 Å². The molecular weight excluding hydrogens is 262 g/mol. The molecule has 98 valence electrons. The van der Waals surface area contributed by atoms with Gasteiger partial charge in [0.1, 0.15) is 18.5 Å². The van der Waals surface area contributed by atoms with Crippen molar-refractivity contribution in [1.29, 1.82) is 0 Å². The fraction of sp³-hybridized carbons (Fsp3) is 0. The lowest BCUT2D eigenvalue weighted by atomic mass is 10.4. The lowest BCUT2D eigenvalue weighted by Crippen LogP contribution is -2.12. The number of nitrogens with two attached hydrogens (primary N) is 2. The highest BCUT2D eigenvalue weighted by Gasteiger charge is 2.14. The lowest BCUT2D eigenvalue weighted by Gasteiger charge is -2.03. The van der Waals surface area contributed by atoms with Crippen LogP contribution in [0.25, 0.3) is 22.2 Å². The van der Waals surface area contributed by atoms with Crippen molar-refractivity contribution >= 4 is 33.8 Å². The van der Waals surface area contributed by atoms with Crippen LogP contribution < -0.4 is 11.5 Å². The molecule has 4 N–H and O–H groups in total. The van der Waals surface area contributed by atoms with E-state index < -0.39 is 0 Å². The molecule has 0 aromatic carbocycles. The van der Waals surface area contributed by atoms with E-state index in [9.17, 15) is 0 Å². The number of anilines is 2. The molecule has 20 heavy (non-hydrogen) atoms. The third-order valence-corrected chi connectivity index (χ3v) is 2.84. The van der Waals surface area contributed by atoms with Crippen LogP contribution in [0.3, 0.4) is 0 Å². The molecule has 11 nitrogen and oxygen atoms in total. The van der Waals surface area contributed by atoms with Gasteiger partial charge in [-0.05, 0) is 5.21 Å². The van der Waals surface area contributed by atoms with Crippen LogP contribution in [0.5, 0.6) is 0 Å². The van der Waals surface area contributed by atoms with Crippen LogP contribution in [0.4, 0.5) is 11.6 Å². The van der Waals surface area contributed by atoms with Crippen molar-refractivity contribution in [3.05, 3.63) is 18.9 Å². The third-order valence-electron chi connectivity index (χ3n) is 2.84. The second-order valence-electron chi connectivity index (χ2n) is 3.97. The summed E-state index contributed by atoms with van der Waals surface area (Å²) < 4.78 is 1.55. The van der Waals surface area contributed by atoms with Gasteiger partial charge in [-0.25, -0.2) is 15.0 Å². The smallest absolute Gasteiger partial charge is 0.208 e. The van der Waals surface area contributed by atoms with E-state index in [0.29, 0.717) is 28.0 Å². The van der Waals surface area contributed by atoms with Gasteiger partial charge in [0.25, 0.3) is 0 Å². The van der Waals surface area contributed by atoms with E-state index in [1.54, 1.807) is 10.9 Å². The molecule has 4 rings (SSSR count). The average molecular weight is 269 g/mol. The third kappa shape index (κ3) is 1.25. The average Bonchev–Trinajstić information content (AvgIpc) is 3.03. The molecule has 0 fully saturated rings. The molecular formula is C9H7N11. The molecule has 0 radical (unpaired) electrons. The summed E-state index contributed by atoms with van der Waals surface area (Å²) in [5.41, 5.74) is 12.8. The summed E-state index contributed by atoms with van der Waals surface area (Å²) in [6.07, 6.45) is 4.42. The second kappa shape index (κ2) is 3.57. The molecule has 0 saturated carbocycles. The highest BCUT2D eigenvalue weighted by molar-refractivity contribution is 5.85. The van der Waals surface area contributed by atoms with Gasteiger partial charge in [-0.15, -0.1) is 15.0 Å². The summed E-state index contributed by atoms with van der Waals surface area (Å²) in [7, 11) is 0. The molecule has 0 aliphatic carbocycles. The van der Waals surface area contributed by atoms with Crippen LogP contribution in [-0.2, 0) is 0 Å². The molecule has 0 amide bonds. The van der Waals surface area contributed by atoms with Crippen molar-refractivity contribution < 1.29 is 0 Å². The zero-order valence-electron chi connectivity index (χ0n) is 9.91. The highest BCUT2D eigenvalue weighted by atomic mass is 15.6. The first-order chi connectivity index (χ1) is 9.75. The van der Waals surface area contributed by atoms with Crippen molar-refractivity contribution in [2.45, 2.75) is 0 Å². The number of rotatable bonds is 1. The molecule has 0 aliphatic rings. The molecule has 4 aromatic rings. The number of imidazole rings is 1. The minimum Gasteiger partial charge on any atom is -0.383 e. The van der Waals surface area contributed by atoms with Crippen LogP contribution in [0, 0.1) is 0 Å². The van der Waals surface area contributed by atoms with Gasteiger partial charge in [0.05, 0.1) is 11.6 Å². The van der Waals surface area contributed by atoms with E-state index in [2.05, 4.69) is 35.5 Å². The second-order valence-corrected chi connectivity index (χ2v) is 3.97. The first-order valence-electron chi connectivity index (χ1n) is 5.52. The Bertz CT molecular complexity index is 858. The van der Waals surface area contributed by atoms with E-state index in [0.717, 1.165) is 0 Å².